The van der Waals surface area contributed by atoms with Crippen LogP contribution < -0.4 is 10.1 Å². The van der Waals surface area contributed by atoms with Gasteiger partial charge in [0.25, 0.3) is 0 Å². The molecule has 0 bridgehead atoms. The molecule has 0 aromatic heterocycles. The van der Waals surface area contributed by atoms with E-state index in [1.54, 1.807) is 0 Å². The zero-order chi connectivity index (χ0) is 14.3. The molecule has 1 aromatic carbocycles. The number of rotatable bonds is 8. The highest BCUT2D eigenvalue weighted by atomic mass is 16.5. The topological polar surface area (TPSA) is 46.1 Å². The quantitative estimate of drug-likeness (QED) is 0.755. The van der Waals surface area contributed by atoms with E-state index in [1.807, 2.05) is 12.1 Å². The maximum absolute atomic E-state index is 9.83. The van der Waals surface area contributed by atoms with Crippen LogP contribution in [0.1, 0.15) is 45.6 Å². The van der Waals surface area contributed by atoms with Gasteiger partial charge in [-0.3, -0.25) is 0 Å². The molecule has 2 atom stereocenters. The molecule has 0 aliphatic carbocycles. The number of aliphatic hydroxyl groups is 1. The number of nitrogens with two attached hydrogens (primary N) is 1. The molecule has 3 N–H and O–H groups in total. The molecule has 0 radical (unpaired) electrons. The van der Waals surface area contributed by atoms with Gasteiger partial charge in [-0.2, -0.15) is 0 Å². The zero-order valence-corrected chi connectivity index (χ0v) is 12.6. The number of hydrogen-bond acceptors (Lipinski definition) is 2. The summed E-state index contributed by atoms with van der Waals surface area (Å²) in [6, 6.07) is 8.68. The van der Waals surface area contributed by atoms with Gasteiger partial charge in [0.2, 0.25) is 0 Å². The van der Waals surface area contributed by atoms with E-state index >= 15 is 0 Å². The fraction of sp³-hybridized carbons (Fsp3) is 0.625. The Labute approximate surface area is 117 Å². The first kappa shape index (κ1) is 16.0. The van der Waals surface area contributed by atoms with E-state index in [9.17, 15) is 5.11 Å². The van der Waals surface area contributed by atoms with E-state index in [0.29, 0.717) is 25.1 Å². The summed E-state index contributed by atoms with van der Waals surface area (Å²) in [6.07, 6.45) is 0.699. The van der Waals surface area contributed by atoms with E-state index in [-0.39, 0.29) is 0 Å². The summed E-state index contributed by atoms with van der Waals surface area (Å²) in [5, 5.41) is 11.9. The monoisotopic (exact) mass is 266 g/mol. The fourth-order valence-corrected chi connectivity index (χ4v) is 1.84. The predicted molar refractivity (Wildman–Crippen MR) is 78.6 cm³/mol. The minimum absolute atomic E-state index is 0.354. The molecule has 2 unspecified atom stereocenters. The van der Waals surface area contributed by atoms with Gasteiger partial charge in [0.05, 0.1) is 6.04 Å². The Hall–Kier alpha value is -1.06. The number of quaternary nitrogens is 1. The molecular formula is C16H28NO2+. The summed E-state index contributed by atoms with van der Waals surface area (Å²) in [6.45, 7) is 9.66. The first-order valence-corrected chi connectivity index (χ1v) is 7.27. The summed E-state index contributed by atoms with van der Waals surface area (Å²) >= 11 is 0. The van der Waals surface area contributed by atoms with Crippen molar-refractivity contribution in [1.29, 1.82) is 0 Å². The van der Waals surface area contributed by atoms with E-state index in [1.165, 1.54) is 5.56 Å². The van der Waals surface area contributed by atoms with Gasteiger partial charge >= 0.3 is 0 Å². The lowest BCUT2D eigenvalue weighted by atomic mass is 9.99. The van der Waals surface area contributed by atoms with Crippen molar-refractivity contribution in [2.45, 2.75) is 52.2 Å². The van der Waals surface area contributed by atoms with Crippen molar-refractivity contribution in [2.75, 3.05) is 13.2 Å². The Balaban J connectivity index is 2.44. The number of hydrogen-bond donors (Lipinski definition) is 2. The standard InChI is InChI=1S/C16H27NO2/c1-5-13(4)14-7-6-8-16(9-14)19-11-15(18)10-17-12(2)3/h6-9,12-13,15,17-18H,5,10-11H2,1-4H3/p+1. The second-order valence-electron chi connectivity index (χ2n) is 5.56. The molecule has 0 amide bonds. The molecule has 108 valence electrons. The van der Waals surface area contributed by atoms with E-state index in [0.717, 1.165) is 12.2 Å². The molecule has 3 nitrogen and oxygen atoms in total. The molecule has 1 rings (SSSR count). The minimum atomic E-state index is -0.422. The summed E-state index contributed by atoms with van der Waals surface area (Å²) < 4.78 is 5.67. The van der Waals surface area contributed by atoms with Crippen LogP contribution in [0.3, 0.4) is 0 Å². The molecule has 1 aromatic rings. The van der Waals surface area contributed by atoms with Gasteiger partial charge in [0, 0.05) is 0 Å². The highest BCUT2D eigenvalue weighted by Crippen LogP contribution is 2.22. The van der Waals surface area contributed by atoms with Crippen molar-refractivity contribution in [3.63, 3.8) is 0 Å². The summed E-state index contributed by atoms with van der Waals surface area (Å²) in [7, 11) is 0. The lowest BCUT2D eigenvalue weighted by Gasteiger charge is -2.14. The van der Waals surface area contributed by atoms with Crippen LogP contribution >= 0.6 is 0 Å². The third kappa shape index (κ3) is 6.08. The maximum atomic E-state index is 9.83. The second kappa shape index (κ2) is 8.18. The number of benzene rings is 1. The molecule has 0 heterocycles. The molecule has 0 aliphatic heterocycles. The van der Waals surface area contributed by atoms with Gasteiger partial charge in [-0.05, 0) is 43.9 Å². The SMILES string of the molecule is CCC(C)c1cccc(OCC(O)C[NH2+]C(C)C)c1. The normalized spacial score (nSPS) is 14.4. The first-order chi connectivity index (χ1) is 9.02. The molecular weight excluding hydrogens is 238 g/mol. The van der Waals surface area contributed by atoms with Crippen LogP contribution in [-0.2, 0) is 0 Å². The molecule has 0 saturated carbocycles. The highest BCUT2D eigenvalue weighted by molar-refractivity contribution is 5.30. The van der Waals surface area contributed by atoms with Gasteiger partial charge in [-0.25, -0.2) is 0 Å². The van der Waals surface area contributed by atoms with Crippen molar-refractivity contribution < 1.29 is 15.2 Å². The van der Waals surface area contributed by atoms with Crippen LogP contribution in [-0.4, -0.2) is 30.4 Å². The van der Waals surface area contributed by atoms with Crippen LogP contribution in [0.2, 0.25) is 0 Å². The van der Waals surface area contributed by atoms with Gasteiger partial charge in [-0.15, -0.1) is 0 Å². The molecule has 0 spiro atoms. The van der Waals surface area contributed by atoms with Crippen LogP contribution in [0, 0.1) is 0 Å². The Kier molecular flexibility index (Phi) is 6.89. The first-order valence-electron chi connectivity index (χ1n) is 7.27. The predicted octanol–water partition coefficient (Wildman–Crippen LogP) is 1.91. The molecule has 0 saturated heterocycles. The lowest BCUT2D eigenvalue weighted by Crippen LogP contribution is -2.90. The summed E-state index contributed by atoms with van der Waals surface area (Å²) in [4.78, 5) is 0. The molecule has 0 aliphatic rings. The largest absolute Gasteiger partial charge is 0.491 e. The average Bonchev–Trinajstić information content (AvgIpc) is 2.42. The fourth-order valence-electron chi connectivity index (χ4n) is 1.84. The number of aliphatic hydroxyl groups excluding tert-OH is 1. The maximum Gasteiger partial charge on any atom is 0.137 e. The van der Waals surface area contributed by atoms with Crippen molar-refractivity contribution in [1.82, 2.24) is 0 Å². The van der Waals surface area contributed by atoms with E-state index in [2.05, 4.69) is 45.1 Å². The third-order valence-electron chi connectivity index (χ3n) is 3.36. The number of ether oxygens (including phenoxy) is 1. The van der Waals surface area contributed by atoms with Crippen molar-refractivity contribution in [3.8, 4) is 5.75 Å². The minimum Gasteiger partial charge on any atom is -0.491 e. The van der Waals surface area contributed by atoms with Crippen molar-refractivity contribution >= 4 is 0 Å². The summed E-state index contributed by atoms with van der Waals surface area (Å²) in [5.41, 5.74) is 1.29. The van der Waals surface area contributed by atoms with Crippen LogP contribution in [0.25, 0.3) is 0 Å². The highest BCUT2D eigenvalue weighted by Gasteiger charge is 2.09. The van der Waals surface area contributed by atoms with Crippen molar-refractivity contribution in [3.05, 3.63) is 29.8 Å². The van der Waals surface area contributed by atoms with Crippen LogP contribution in [0.4, 0.5) is 0 Å². The van der Waals surface area contributed by atoms with Gasteiger partial charge < -0.3 is 15.2 Å². The smallest absolute Gasteiger partial charge is 0.137 e. The van der Waals surface area contributed by atoms with E-state index in [4.69, 9.17) is 4.74 Å². The van der Waals surface area contributed by atoms with Crippen molar-refractivity contribution in [2.24, 2.45) is 0 Å². The van der Waals surface area contributed by atoms with E-state index < -0.39 is 6.10 Å². The summed E-state index contributed by atoms with van der Waals surface area (Å²) in [5.74, 6) is 1.39. The molecule has 0 fully saturated rings. The van der Waals surface area contributed by atoms with Crippen LogP contribution in [0.5, 0.6) is 5.75 Å². The Bertz CT molecular complexity index is 366. The third-order valence-corrected chi connectivity index (χ3v) is 3.36. The van der Waals surface area contributed by atoms with Crippen LogP contribution in [0.15, 0.2) is 24.3 Å². The Morgan fingerprint density at radius 2 is 2.00 bits per heavy atom. The lowest BCUT2D eigenvalue weighted by molar-refractivity contribution is -0.688. The average molecular weight is 266 g/mol. The van der Waals surface area contributed by atoms with Gasteiger partial charge in [0.15, 0.2) is 0 Å². The Morgan fingerprint density at radius 1 is 1.26 bits per heavy atom. The zero-order valence-electron chi connectivity index (χ0n) is 12.6. The molecule has 19 heavy (non-hydrogen) atoms. The second-order valence-corrected chi connectivity index (χ2v) is 5.56. The molecule has 3 heteroatoms. The van der Waals surface area contributed by atoms with Gasteiger partial charge in [0.1, 0.15) is 25.0 Å². The Morgan fingerprint density at radius 3 is 2.63 bits per heavy atom. The van der Waals surface area contributed by atoms with Gasteiger partial charge in [-0.1, -0.05) is 26.0 Å².